The van der Waals surface area contributed by atoms with Gasteiger partial charge in [-0.2, -0.15) is 0 Å². The Hall–Kier alpha value is -2.16. The third-order valence-corrected chi connectivity index (χ3v) is 2.75. The van der Waals surface area contributed by atoms with Crippen LogP contribution >= 0.6 is 0 Å². The van der Waals surface area contributed by atoms with Crippen molar-refractivity contribution in [3.8, 4) is 0 Å². The van der Waals surface area contributed by atoms with E-state index in [-0.39, 0.29) is 17.8 Å². The number of halogens is 1. The summed E-state index contributed by atoms with van der Waals surface area (Å²) in [6.07, 6.45) is 0. The second-order valence-electron chi connectivity index (χ2n) is 4.11. The van der Waals surface area contributed by atoms with Crippen molar-refractivity contribution >= 4 is 5.91 Å². The fourth-order valence-electron chi connectivity index (χ4n) is 1.70. The second-order valence-corrected chi connectivity index (χ2v) is 4.11. The molecule has 1 N–H and O–H groups in total. The molecule has 0 radical (unpaired) electrons. The summed E-state index contributed by atoms with van der Waals surface area (Å²) in [5.41, 5.74) is 1.49. The Morgan fingerprint density at radius 3 is 2.28 bits per heavy atom. The van der Waals surface area contributed by atoms with Gasteiger partial charge in [0, 0.05) is 5.56 Å². The molecule has 0 unspecified atom stereocenters. The van der Waals surface area contributed by atoms with Crippen LogP contribution in [0.25, 0.3) is 0 Å². The molecule has 0 saturated heterocycles. The SMILES string of the molecule is C[C@@H](NC(=O)c1ccccc1)c1ccc(F)cc1. The maximum absolute atomic E-state index is 12.8. The van der Waals surface area contributed by atoms with Crippen molar-refractivity contribution in [3.63, 3.8) is 0 Å². The molecular formula is C15H14FNO. The Bertz CT molecular complexity index is 522. The highest BCUT2D eigenvalue weighted by molar-refractivity contribution is 5.94. The summed E-state index contributed by atoms with van der Waals surface area (Å²) in [5, 5.41) is 2.87. The van der Waals surface area contributed by atoms with Gasteiger partial charge in [-0.3, -0.25) is 4.79 Å². The Balaban J connectivity index is 2.06. The van der Waals surface area contributed by atoms with Crippen LogP contribution in [0.2, 0.25) is 0 Å². The van der Waals surface area contributed by atoms with Gasteiger partial charge in [0.1, 0.15) is 5.82 Å². The fraction of sp³-hybridized carbons (Fsp3) is 0.133. The van der Waals surface area contributed by atoms with Crippen molar-refractivity contribution in [2.75, 3.05) is 0 Å². The predicted octanol–water partition coefficient (Wildman–Crippen LogP) is 3.32. The molecule has 2 aromatic carbocycles. The normalized spacial score (nSPS) is 11.9. The third-order valence-electron chi connectivity index (χ3n) is 2.75. The molecule has 1 amide bonds. The molecule has 0 aromatic heterocycles. The minimum Gasteiger partial charge on any atom is -0.346 e. The highest BCUT2D eigenvalue weighted by Gasteiger charge is 2.10. The molecule has 0 saturated carbocycles. The number of carbonyl (C=O) groups is 1. The van der Waals surface area contributed by atoms with Crippen LogP contribution in [0.1, 0.15) is 28.9 Å². The van der Waals surface area contributed by atoms with E-state index in [0.29, 0.717) is 5.56 Å². The summed E-state index contributed by atoms with van der Waals surface area (Å²) in [4.78, 5) is 11.9. The summed E-state index contributed by atoms with van der Waals surface area (Å²) in [7, 11) is 0. The second kappa shape index (κ2) is 5.45. The first kappa shape index (κ1) is 12.3. The zero-order chi connectivity index (χ0) is 13.0. The van der Waals surface area contributed by atoms with Gasteiger partial charge in [0.05, 0.1) is 6.04 Å². The molecule has 18 heavy (non-hydrogen) atoms. The molecule has 0 spiro atoms. The van der Waals surface area contributed by atoms with Gasteiger partial charge < -0.3 is 5.32 Å². The highest BCUT2D eigenvalue weighted by atomic mass is 19.1. The zero-order valence-corrected chi connectivity index (χ0v) is 10.1. The summed E-state index contributed by atoms with van der Waals surface area (Å²) in [6, 6.07) is 15.0. The molecule has 0 fully saturated rings. The van der Waals surface area contributed by atoms with E-state index in [1.165, 1.54) is 12.1 Å². The van der Waals surface area contributed by atoms with E-state index in [9.17, 15) is 9.18 Å². The Labute approximate surface area is 105 Å². The number of carbonyl (C=O) groups excluding carboxylic acids is 1. The Morgan fingerprint density at radius 2 is 1.67 bits per heavy atom. The van der Waals surface area contributed by atoms with Gasteiger partial charge >= 0.3 is 0 Å². The van der Waals surface area contributed by atoms with Crippen LogP contribution < -0.4 is 5.32 Å². The average Bonchev–Trinajstić information content (AvgIpc) is 2.40. The maximum atomic E-state index is 12.8. The number of rotatable bonds is 3. The van der Waals surface area contributed by atoms with Gasteiger partial charge in [-0.05, 0) is 36.8 Å². The first-order valence-corrected chi connectivity index (χ1v) is 5.78. The minimum absolute atomic E-state index is 0.132. The third kappa shape index (κ3) is 2.94. The van der Waals surface area contributed by atoms with Gasteiger partial charge in [-0.1, -0.05) is 30.3 Å². The molecule has 0 aliphatic rings. The molecule has 92 valence electrons. The number of benzene rings is 2. The molecule has 0 bridgehead atoms. The maximum Gasteiger partial charge on any atom is 0.251 e. The van der Waals surface area contributed by atoms with E-state index in [2.05, 4.69) is 5.32 Å². The zero-order valence-electron chi connectivity index (χ0n) is 10.1. The van der Waals surface area contributed by atoms with Crippen LogP contribution in [0.5, 0.6) is 0 Å². The average molecular weight is 243 g/mol. The summed E-state index contributed by atoms with van der Waals surface area (Å²) < 4.78 is 12.8. The smallest absolute Gasteiger partial charge is 0.251 e. The lowest BCUT2D eigenvalue weighted by Gasteiger charge is -2.14. The monoisotopic (exact) mass is 243 g/mol. The number of amides is 1. The lowest BCUT2D eigenvalue weighted by atomic mass is 10.1. The minimum atomic E-state index is -0.277. The van der Waals surface area contributed by atoms with Crippen LogP contribution in [-0.2, 0) is 0 Å². The van der Waals surface area contributed by atoms with Crippen molar-refractivity contribution < 1.29 is 9.18 Å². The van der Waals surface area contributed by atoms with E-state index in [1.807, 2.05) is 25.1 Å². The van der Waals surface area contributed by atoms with Crippen molar-refractivity contribution in [2.45, 2.75) is 13.0 Å². The largest absolute Gasteiger partial charge is 0.346 e. The van der Waals surface area contributed by atoms with Crippen LogP contribution in [0, 0.1) is 5.82 Å². The number of hydrogen-bond donors (Lipinski definition) is 1. The summed E-state index contributed by atoms with van der Waals surface area (Å²) in [5.74, 6) is -0.409. The van der Waals surface area contributed by atoms with E-state index in [4.69, 9.17) is 0 Å². The van der Waals surface area contributed by atoms with E-state index >= 15 is 0 Å². The standard InChI is InChI=1S/C15H14FNO/c1-11(12-7-9-14(16)10-8-12)17-15(18)13-5-3-2-4-6-13/h2-11H,1H3,(H,17,18)/t11-/m1/s1. The molecule has 0 aliphatic carbocycles. The van der Waals surface area contributed by atoms with E-state index in [1.54, 1.807) is 24.3 Å². The van der Waals surface area contributed by atoms with Gasteiger partial charge in [0.15, 0.2) is 0 Å². The van der Waals surface area contributed by atoms with Crippen LogP contribution in [0.3, 0.4) is 0 Å². The first-order valence-electron chi connectivity index (χ1n) is 5.78. The lowest BCUT2D eigenvalue weighted by molar-refractivity contribution is 0.0940. The molecule has 2 nitrogen and oxygen atoms in total. The molecular weight excluding hydrogens is 229 g/mol. The van der Waals surface area contributed by atoms with Crippen molar-refractivity contribution in [1.82, 2.24) is 5.32 Å². The molecule has 0 heterocycles. The molecule has 0 aliphatic heterocycles. The molecule has 1 atom stereocenters. The predicted molar refractivity (Wildman–Crippen MR) is 68.7 cm³/mol. The van der Waals surface area contributed by atoms with Gasteiger partial charge in [0.2, 0.25) is 0 Å². The van der Waals surface area contributed by atoms with Crippen molar-refractivity contribution in [3.05, 3.63) is 71.5 Å². The topological polar surface area (TPSA) is 29.1 Å². The van der Waals surface area contributed by atoms with Crippen LogP contribution in [0.15, 0.2) is 54.6 Å². The van der Waals surface area contributed by atoms with Crippen molar-refractivity contribution in [2.24, 2.45) is 0 Å². The number of hydrogen-bond acceptors (Lipinski definition) is 1. The quantitative estimate of drug-likeness (QED) is 0.880. The van der Waals surface area contributed by atoms with Gasteiger partial charge in [-0.15, -0.1) is 0 Å². The fourth-order valence-corrected chi connectivity index (χ4v) is 1.70. The molecule has 2 aromatic rings. The molecule has 3 heteroatoms. The van der Waals surface area contributed by atoms with Crippen LogP contribution in [-0.4, -0.2) is 5.91 Å². The summed E-state index contributed by atoms with van der Waals surface area (Å²) in [6.45, 7) is 1.87. The first-order chi connectivity index (χ1) is 8.66. The van der Waals surface area contributed by atoms with E-state index in [0.717, 1.165) is 5.56 Å². The van der Waals surface area contributed by atoms with Crippen LogP contribution in [0.4, 0.5) is 4.39 Å². The Morgan fingerprint density at radius 1 is 1.06 bits per heavy atom. The highest BCUT2D eigenvalue weighted by Crippen LogP contribution is 2.13. The molecule has 2 rings (SSSR count). The van der Waals surface area contributed by atoms with E-state index < -0.39 is 0 Å². The summed E-state index contributed by atoms with van der Waals surface area (Å²) >= 11 is 0. The Kier molecular flexibility index (Phi) is 3.72. The number of nitrogens with one attached hydrogen (secondary N) is 1. The van der Waals surface area contributed by atoms with Gasteiger partial charge in [0.25, 0.3) is 5.91 Å². The van der Waals surface area contributed by atoms with Crippen molar-refractivity contribution in [1.29, 1.82) is 0 Å². The van der Waals surface area contributed by atoms with Gasteiger partial charge in [-0.25, -0.2) is 4.39 Å². The lowest BCUT2D eigenvalue weighted by Crippen LogP contribution is -2.26.